The van der Waals surface area contributed by atoms with Crippen molar-refractivity contribution >= 4 is 29.2 Å². The van der Waals surface area contributed by atoms with Gasteiger partial charge in [0, 0.05) is 35.9 Å². The van der Waals surface area contributed by atoms with E-state index in [4.69, 9.17) is 16.1 Å². The minimum Gasteiger partial charge on any atom is -0.340 e. The molecule has 2 aromatic carbocycles. The van der Waals surface area contributed by atoms with E-state index in [2.05, 4.69) is 29.2 Å². The Morgan fingerprint density at radius 3 is 2.58 bits per heavy atom. The maximum atomic E-state index is 13.3. The Morgan fingerprint density at radius 2 is 1.88 bits per heavy atom. The van der Waals surface area contributed by atoms with Gasteiger partial charge >= 0.3 is 6.03 Å². The monoisotopic (exact) mass is 466 g/mol. The molecule has 2 heterocycles. The van der Waals surface area contributed by atoms with Gasteiger partial charge in [0.25, 0.3) is 0 Å². The smallest absolute Gasteiger partial charge is 0.322 e. The molecular weight excluding hydrogens is 436 g/mol. The molecule has 7 heteroatoms. The molecule has 1 N–H and O–H groups in total. The highest BCUT2D eigenvalue weighted by Crippen LogP contribution is 2.34. The number of halogens is 1. The average Bonchev–Trinajstić information content (AvgIpc) is 3.23. The molecule has 0 spiro atoms. The molecule has 6 nitrogen and oxygen atoms in total. The van der Waals surface area contributed by atoms with Crippen LogP contribution in [0.5, 0.6) is 0 Å². The maximum absolute atomic E-state index is 13.3. The molecule has 4 rings (SSSR count). The largest absolute Gasteiger partial charge is 0.340 e. The number of hydrogen-bond acceptors (Lipinski definition) is 4. The highest BCUT2D eigenvalue weighted by molar-refractivity contribution is 6.30. The summed E-state index contributed by atoms with van der Waals surface area (Å²) in [6.45, 7) is 7.11. The van der Waals surface area contributed by atoms with E-state index < -0.39 is 0 Å². The van der Waals surface area contributed by atoms with Crippen LogP contribution >= 0.6 is 11.6 Å². The van der Waals surface area contributed by atoms with Gasteiger partial charge in [-0.25, -0.2) is 4.79 Å². The van der Waals surface area contributed by atoms with Crippen LogP contribution in [0.1, 0.15) is 38.7 Å². The first-order valence-corrected chi connectivity index (χ1v) is 12.0. The minimum atomic E-state index is -0.171. The van der Waals surface area contributed by atoms with E-state index in [-0.39, 0.29) is 6.03 Å². The fourth-order valence-electron chi connectivity index (χ4n) is 4.23. The molecular formula is C26H31ClN4O2. The lowest BCUT2D eigenvalue weighted by Crippen LogP contribution is -2.38. The van der Waals surface area contributed by atoms with E-state index in [1.165, 1.54) is 6.42 Å². The molecule has 3 aromatic rings. The molecule has 0 bridgehead atoms. The molecule has 0 saturated carbocycles. The van der Waals surface area contributed by atoms with E-state index in [0.717, 1.165) is 48.6 Å². The summed E-state index contributed by atoms with van der Waals surface area (Å²) in [7, 11) is 0. The summed E-state index contributed by atoms with van der Waals surface area (Å²) in [5, 5.41) is 8.04. The maximum Gasteiger partial charge on any atom is 0.322 e. The van der Waals surface area contributed by atoms with Crippen LogP contribution in [-0.2, 0) is 6.54 Å². The number of hydrogen-bond donors (Lipinski definition) is 1. The van der Waals surface area contributed by atoms with Crippen molar-refractivity contribution in [1.29, 1.82) is 0 Å². The van der Waals surface area contributed by atoms with Crippen LogP contribution in [0.15, 0.2) is 59.1 Å². The molecule has 1 fully saturated rings. The predicted octanol–water partition coefficient (Wildman–Crippen LogP) is 6.68. The van der Waals surface area contributed by atoms with E-state index in [1.54, 1.807) is 12.1 Å². The lowest BCUT2D eigenvalue weighted by atomic mass is 10.0. The van der Waals surface area contributed by atoms with Crippen molar-refractivity contribution in [3.63, 3.8) is 0 Å². The predicted molar refractivity (Wildman–Crippen MR) is 134 cm³/mol. The highest BCUT2D eigenvalue weighted by Gasteiger charge is 2.27. The van der Waals surface area contributed by atoms with Gasteiger partial charge in [-0.3, -0.25) is 0 Å². The molecule has 0 atom stereocenters. The molecule has 0 radical (unpaired) electrons. The molecule has 33 heavy (non-hydrogen) atoms. The topological polar surface area (TPSA) is 61.6 Å². The second kappa shape index (κ2) is 10.8. The van der Waals surface area contributed by atoms with E-state index >= 15 is 0 Å². The van der Waals surface area contributed by atoms with E-state index in [9.17, 15) is 4.79 Å². The Kier molecular flexibility index (Phi) is 7.55. The Morgan fingerprint density at radius 1 is 1.12 bits per heavy atom. The van der Waals surface area contributed by atoms with Crippen molar-refractivity contribution < 1.29 is 9.32 Å². The van der Waals surface area contributed by atoms with Gasteiger partial charge in [0.05, 0.1) is 12.1 Å². The first kappa shape index (κ1) is 23.2. The first-order valence-electron chi connectivity index (χ1n) is 11.6. The minimum absolute atomic E-state index is 0.171. The summed E-state index contributed by atoms with van der Waals surface area (Å²) >= 11 is 6.11. The average molecular weight is 467 g/mol. The van der Waals surface area contributed by atoms with E-state index in [1.807, 2.05) is 47.4 Å². The van der Waals surface area contributed by atoms with Crippen molar-refractivity contribution in [1.82, 2.24) is 10.1 Å². The van der Waals surface area contributed by atoms with Gasteiger partial charge in [0.2, 0.25) is 5.88 Å². The van der Waals surface area contributed by atoms with Crippen molar-refractivity contribution in [3.05, 3.63) is 65.2 Å². The summed E-state index contributed by atoms with van der Waals surface area (Å²) < 4.78 is 5.91. The van der Waals surface area contributed by atoms with Crippen LogP contribution < -0.4 is 10.2 Å². The Bertz CT molecular complexity index is 1060. The van der Waals surface area contributed by atoms with Gasteiger partial charge in [-0.2, -0.15) is 0 Å². The molecule has 2 amide bonds. The fraction of sp³-hybridized carbons (Fsp3) is 0.385. The second-order valence-electron chi connectivity index (χ2n) is 8.94. The Labute approximate surface area is 200 Å². The van der Waals surface area contributed by atoms with Crippen LogP contribution in [0.3, 0.4) is 0 Å². The van der Waals surface area contributed by atoms with Crippen LogP contribution in [0.2, 0.25) is 5.02 Å². The SMILES string of the molecule is CC(C)CN(Cc1c(-c2ccccc2)noc1N1CCCCC1)C(=O)Nc1cccc(Cl)c1. The zero-order chi connectivity index (χ0) is 23.2. The summed E-state index contributed by atoms with van der Waals surface area (Å²) in [5.41, 5.74) is 3.40. The highest BCUT2D eigenvalue weighted by atomic mass is 35.5. The van der Waals surface area contributed by atoms with Crippen molar-refractivity contribution in [2.75, 3.05) is 29.9 Å². The normalized spacial score (nSPS) is 13.9. The van der Waals surface area contributed by atoms with E-state index in [0.29, 0.717) is 29.7 Å². The third-order valence-electron chi connectivity index (χ3n) is 5.76. The third-order valence-corrected chi connectivity index (χ3v) is 5.99. The summed E-state index contributed by atoms with van der Waals surface area (Å²) in [5.74, 6) is 1.08. The third kappa shape index (κ3) is 5.88. The number of nitrogens with zero attached hydrogens (tertiary/aromatic N) is 3. The number of piperidine rings is 1. The van der Waals surface area contributed by atoms with Gasteiger partial charge in [-0.1, -0.05) is 67.0 Å². The number of urea groups is 1. The fourth-order valence-corrected chi connectivity index (χ4v) is 4.42. The Balaban J connectivity index is 1.66. The number of carbonyl (C=O) groups is 1. The molecule has 0 unspecified atom stereocenters. The van der Waals surface area contributed by atoms with Gasteiger partial charge in [-0.05, 0) is 43.4 Å². The summed E-state index contributed by atoms with van der Waals surface area (Å²) in [6, 6.07) is 17.1. The van der Waals surface area contributed by atoms with Crippen molar-refractivity contribution in [2.45, 2.75) is 39.7 Å². The standard InChI is InChI=1S/C26H31ClN4O2/c1-19(2)17-31(26(32)28-22-13-9-12-21(27)16-22)18-23-24(20-10-5-3-6-11-20)29-33-25(23)30-14-7-4-8-15-30/h3,5-6,9-13,16,19H,4,7-8,14-15,17-18H2,1-2H3,(H,28,32). The van der Waals surface area contributed by atoms with Crippen molar-refractivity contribution in [3.8, 4) is 11.3 Å². The number of aromatic nitrogens is 1. The number of benzene rings is 2. The van der Waals surface area contributed by atoms with Gasteiger partial charge in [0.1, 0.15) is 5.69 Å². The van der Waals surface area contributed by atoms with Gasteiger partial charge in [0.15, 0.2) is 0 Å². The quantitative estimate of drug-likeness (QED) is 0.422. The molecule has 1 saturated heterocycles. The number of carbonyl (C=O) groups excluding carboxylic acids is 1. The zero-order valence-electron chi connectivity index (χ0n) is 19.3. The first-order chi connectivity index (χ1) is 16.0. The molecule has 174 valence electrons. The van der Waals surface area contributed by atoms with Gasteiger partial charge < -0.3 is 19.6 Å². The zero-order valence-corrected chi connectivity index (χ0v) is 20.0. The summed E-state index contributed by atoms with van der Waals surface area (Å²) in [6.07, 6.45) is 3.49. The van der Waals surface area contributed by atoms with Crippen LogP contribution in [-0.4, -0.2) is 35.7 Å². The molecule has 1 aliphatic rings. The lowest BCUT2D eigenvalue weighted by Gasteiger charge is -2.29. The molecule has 1 aromatic heterocycles. The van der Waals surface area contributed by atoms with Crippen LogP contribution in [0.25, 0.3) is 11.3 Å². The Hall–Kier alpha value is -2.99. The number of nitrogens with one attached hydrogen (secondary N) is 1. The summed E-state index contributed by atoms with van der Waals surface area (Å²) in [4.78, 5) is 17.4. The van der Waals surface area contributed by atoms with Crippen molar-refractivity contribution in [2.24, 2.45) is 5.92 Å². The van der Waals surface area contributed by atoms with Crippen LogP contribution in [0.4, 0.5) is 16.4 Å². The van der Waals surface area contributed by atoms with Crippen LogP contribution in [0, 0.1) is 5.92 Å². The number of rotatable bonds is 7. The number of amides is 2. The molecule has 0 aliphatic carbocycles. The second-order valence-corrected chi connectivity index (χ2v) is 9.38. The van der Waals surface area contributed by atoms with Gasteiger partial charge in [-0.15, -0.1) is 0 Å². The number of anilines is 2. The lowest BCUT2D eigenvalue weighted by molar-refractivity contribution is 0.201. The molecule has 1 aliphatic heterocycles.